The van der Waals surface area contributed by atoms with Gasteiger partial charge in [-0.05, 0) is 32.0 Å². The van der Waals surface area contributed by atoms with Crippen LogP contribution in [-0.4, -0.2) is 24.9 Å². The van der Waals surface area contributed by atoms with Crippen LogP contribution in [0.25, 0.3) is 0 Å². The van der Waals surface area contributed by atoms with E-state index >= 15 is 0 Å². The molecule has 0 aliphatic carbocycles. The van der Waals surface area contributed by atoms with Crippen molar-refractivity contribution in [1.82, 2.24) is 5.32 Å². The number of hydrogen-bond acceptors (Lipinski definition) is 3. The summed E-state index contributed by atoms with van der Waals surface area (Å²) in [6.45, 7) is 1.44. The molecular formula is C13H15F2N3O2. The second-order valence-corrected chi connectivity index (χ2v) is 4.69. The molecule has 1 aromatic carbocycles. The Morgan fingerprint density at radius 2 is 1.85 bits per heavy atom. The number of primary amides is 1. The minimum Gasteiger partial charge on any atom is -0.366 e. The summed E-state index contributed by atoms with van der Waals surface area (Å²) in [6.07, 6.45) is 1.30. The summed E-state index contributed by atoms with van der Waals surface area (Å²) in [5, 5.41) is 5.50. The summed E-state index contributed by atoms with van der Waals surface area (Å²) >= 11 is 0. The van der Waals surface area contributed by atoms with Crippen LogP contribution in [0.2, 0.25) is 0 Å². The lowest BCUT2D eigenvalue weighted by Gasteiger charge is -2.22. The molecule has 7 heteroatoms. The minimum atomic E-state index is -1.05. The second-order valence-electron chi connectivity index (χ2n) is 4.69. The van der Waals surface area contributed by atoms with Gasteiger partial charge in [0, 0.05) is 12.0 Å². The van der Waals surface area contributed by atoms with Gasteiger partial charge in [-0.25, -0.2) is 8.78 Å². The fourth-order valence-corrected chi connectivity index (χ4v) is 2.15. The van der Waals surface area contributed by atoms with Gasteiger partial charge in [-0.2, -0.15) is 0 Å². The normalized spacial score (nSPS) is 15.9. The second kappa shape index (κ2) is 5.96. The fraction of sp³-hybridized carbons (Fsp3) is 0.385. The standard InChI is InChI=1S/C13H15F2N3O2/c14-9-6-10(15)11(5-8(9)12(16)19)18-13(20)7-1-3-17-4-2-7/h5-7,17H,1-4H2,(H2,16,19)(H,18,20). The Labute approximate surface area is 114 Å². The molecule has 1 aromatic rings. The molecule has 108 valence electrons. The summed E-state index contributed by atoms with van der Waals surface area (Å²) in [6, 6.07) is 1.46. The maximum atomic E-state index is 13.6. The minimum absolute atomic E-state index is 0.224. The van der Waals surface area contributed by atoms with Crippen molar-refractivity contribution in [1.29, 1.82) is 0 Å². The Hall–Kier alpha value is -2.02. The van der Waals surface area contributed by atoms with Crippen LogP contribution in [0.15, 0.2) is 12.1 Å². The Balaban J connectivity index is 2.18. The molecule has 0 spiro atoms. The van der Waals surface area contributed by atoms with E-state index in [1.54, 1.807) is 0 Å². The zero-order chi connectivity index (χ0) is 14.7. The van der Waals surface area contributed by atoms with Crippen LogP contribution in [0.5, 0.6) is 0 Å². The lowest BCUT2D eigenvalue weighted by atomic mass is 9.97. The van der Waals surface area contributed by atoms with Gasteiger partial charge in [0.1, 0.15) is 11.6 Å². The predicted octanol–water partition coefficient (Wildman–Crippen LogP) is 1.00. The number of nitrogens with one attached hydrogen (secondary N) is 2. The maximum Gasteiger partial charge on any atom is 0.251 e. The number of piperidine rings is 1. The van der Waals surface area contributed by atoms with E-state index in [1.165, 1.54) is 0 Å². The average molecular weight is 283 g/mol. The quantitative estimate of drug-likeness (QED) is 0.773. The summed E-state index contributed by atoms with van der Waals surface area (Å²) < 4.78 is 26.9. The number of halogens is 2. The molecule has 0 bridgehead atoms. The van der Waals surface area contributed by atoms with Crippen molar-refractivity contribution < 1.29 is 18.4 Å². The van der Waals surface area contributed by atoms with Crippen molar-refractivity contribution >= 4 is 17.5 Å². The molecule has 0 unspecified atom stereocenters. The molecule has 1 aliphatic rings. The molecule has 1 aliphatic heterocycles. The van der Waals surface area contributed by atoms with Crippen LogP contribution in [-0.2, 0) is 4.79 Å². The molecule has 1 fully saturated rings. The van der Waals surface area contributed by atoms with Gasteiger partial charge in [0.25, 0.3) is 5.91 Å². The van der Waals surface area contributed by atoms with Crippen LogP contribution >= 0.6 is 0 Å². The number of carbonyl (C=O) groups is 2. The number of anilines is 1. The number of hydrogen-bond donors (Lipinski definition) is 3. The van der Waals surface area contributed by atoms with E-state index in [2.05, 4.69) is 10.6 Å². The lowest BCUT2D eigenvalue weighted by Crippen LogP contribution is -2.34. The number of amides is 2. The van der Waals surface area contributed by atoms with E-state index in [-0.39, 0.29) is 17.5 Å². The van der Waals surface area contributed by atoms with E-state index in [0.29, 0.717) is 18.9 Å². The van der Waals surface area contributed by atoms with Crippen LogP contribution in [0.4, 0.5) is 14.5 Å². The van der Waals surface area contributed by atoms with Gasteiger partial charge < -0.3 is 16.4 Å². The maximum absolute atomic E-state index is 13.6. The van der Waals surface area contributed by atoms with Gasteiger partial charge >= 0.3 is 0 Å². The molecule has 0 atom stereocenters. The molecule has 0 aromatic heterocycles. The highest BCUT2D eigenvalue weighted by molar-refractivity contribution is 5.97. The van der Waals surface area contributed by atoms with Gasteiger partial charge in [-0.1, -0.05) is 0 Å². The summed E-state index contributed by atoms with van der Waals surface area (Å²) in [5.41, 5.74) is 4.30. The fourth-order valence-electron chi connectivity index (χ4n) is 2.15. The smallest absolute Gasteiger partial charge is 0.251 e. The van der Waals surface area contributed by atoms with Gasteiger partial charge in [0.2, 0.25) is 5.91 Å². The predicted molar refractivity (Wildman–Crippen MR) is 69.1 cm³/mol. The molecule has 0 radical (unpaired) electrons. The first kappa shape index (κ1) is 14.4. The van der Waals surface area contributed by atoms with E-state index in [4.69, 9.17) is 5.73 Å². The number of nitrogens with two attached hydrogens (primary N) is 1. The van der Waals surface area contributed by atoms with E-state index in [9.17, 15) is 18.4 Å². The number of benzene rings is 1. The highest BCUT2D eigenvalue weighted by atomic mass is 19.1. The van der Waals surface area contributed by atoms with E-state index in [1.807, 2.05) is 0 Å². The van der Waals surface area contributed by atoms with Crippen molar-refractivity contribution in [2.45, 2.75) is 12.8 Å². The van der Waals surface area contributed by atoms with Crippen LogP contribution in [0.1, 0.15) is 23.2 Å². The lowest BCUT2D eigenvalue weighted by molar-refractivity contribution is -0.120. The molecular weight excluding hydrogens is 268 g/mol. The summed E-state index contributed by atoms with van der Waals surface area (Å²) in [5.74, 6) is -3.56. The molecule has 1 saturated heterocycles. The topological polar surface area (TPSA) is 84.2 Å². The van der Waals surface area contributed by atoms with Crippen molar-refractivity contribution in [2.24, 2.45) is 11.7 Å². The zero-order valence-electron chi connectivity index (χ0n) is 10.7. The highest BCUT2D eigenvalue weighted by Crippen LogP contribution is 2.21. The Bertz CT molecular complexity index is 543. The third-order valence-corrected chi connectivity index (χ3v) is 3.29. The van der Waals surface area contributed by atoms with Crippen LogP contribution in [0.3, 0.4) is 0 Å². The van der Waals surface area contributed by atoms with Gasteiger partial charge in [0.15, 0.2) is 0 Å². The Morgan fingerprint density at radius 1 is 1.20 bits per heavy atom. The number of carbonyl (C=O) groups excluding carboxylic acids is 2. The van der Waals surface area contributed by atoms with Crippen LogP contribution in [0, 0.1) is 17.6 Å². The molecule has 20 heavy (non-hydrogen) atoms. The molecule has 1 heterocycles. The average Bonchev–Trinajstić information content (AvgIpc) is 2.42. The largest absolute Gasteiger partial charge is 0.366 e. The first-order valence-corrected chi connectivity index (χ1v) is 6.29. The highest BCUT2D eigenvalue weighted by Gasteiger charge is 2.22. The van der Waals surface area contributed by atoms with Gasteiger partial charge in [-0.15, -0.1) is 0 Å². The SMILES string of the molecule is NC(=O)c1cc(NC(=O)C2CCNCC2)c(F)cc1F. The van der Waals surface area contributed by atoms with Crippen molar-refractivity contribution in [3.63, 3.8) is 0 Å². The molecule has 4 N–H and O–H groups in total. The van der Waals surface area contributed by atoms with E-state index in [0.717, 1.165) is 19.2 Å². The van der Waals surface area contributed by atoms with Gasteiger partial charge in [-0.3, -0.25) is 9.59 Å². The van der Waals surface area contributed by atoms with E-state index < -0.39 is 23.1 Å². The number of rotatable bonds is 3. The molecule has 2 amide bonds. The Kier molecular flexibility index (Phi) is 4.29. The summed E-state index contributed by atoms with van der Waals surface area (Å²) in [7, 11) is 0. The molecule has 0 saturated carbocycles. The van der Waals surface area contributed by atoms with Crippen LogP contribution < -0.4 is 16.4 Å². The Morgan fingerprint density at radius 3 is 2.45 bits per heavy atom. The van der Waals surface area contributed by atoms with Crippen molar-refractivity contribution in [2.75, 3.05) is 18.4 Å². The monoisotopic (exact) mass is 283 g/mol. The molecule has 2 rings (SSSR count). The third-order valence-electron chi connectivity index (χ3n) is 3.29. The third kappa shape index (κ3) is 3.11. The van der Waals surface area contributed by atoms with Crippen molar-refractivity contribution in [3.8, 4) is 0 Å². The van der Waals surface area contributed by atoms with Gasteiger partial charge in [0.05, 0.1) is 11.3 Å². The van der Waals surface area contributed by atoms with Crippen molar-refractivity contribution in [3.05, 3.63) is 29.3 Å². The first-order valence-electron chi connectivity index (χ1n) is 6.29. The first-order chi connectivity index (χ1) is 9.49. The zero-order valence-corrected chi connectivity index (χ0v) is 10.7. The summed E-state index contributed by atoms with van der Waals surface area (Å²) in [4.78, 5) is 23.0. The molecule has 5 nitrogen and oxygen atoms in total.